The highest BCUT2D eigenvalue weighted by atomic mass is 35.5. The van der Waals surface area contributed by atoms with Crippen molar-refractivity contribution in [1.29, 1.82) is 0 Å². The third-order valence-corrected chi connectivity index (χ3v) is 6.08. The summed E-state index contributed by atoms with van der Waals surface area (Å²) in [5.74, 6) is 0. The van der Waals surface area contributed by atoms with E-state index in [1.54, 1.807) is 6.07 Å². The van der Waals surface area contributed by atoms with E-state index in [1.165, 1.54) is 26.2 Å². The molecule has 0 saturated heterocycles. The number of sulfonamides is 1. The molecule has 0 radical (unpaired) electrons. The van der Waals surface area contributed by atoms with E-state index in [0.717, 1.165) is 21.1 Å². The SMILES string of the molecule is Cc1ccc(NC(=S)Nc2ccc(Cl)c(S(=O)(=O)N(C)C)c2)c(C)c1. The molecule has 2 N–H and O–H groups in total. The lowest BCUT2D eigenvalue weighted by molar-refractivity contribution is 0.521. The average Bonchev–Trinajstić information content (AvgIpc) is 2.51. The maximum Gasteiger partial charge on any atom is 0.244 e. The molecule has 0 amide bonds. The zero-order valence-electron chi connectivity index (χ0n) is 14.4. The predicted octanol–water partition coefficient (Wildman–Crippen LogP) is 4.02. The van der Waals surface area contributed by atoms with Crippen LogP contribution < -0.4 is 10.6 Å². The Morgan fingerprint density at radius 1 is 1.08 bits per heavy atom. The molecule has 2 aromatic rings. The van der Waals surface area contributed by atoms with E-state index in [2.05, 4.69) is 16.7 Å². The number of nitrogens with one attached hydrogen (secondary N) is 2. The Bertz CT molecular complexity index is 912. The van der Waals surface area contributed by atoms with Crippen molar-refractivity contribution in [1.82, 2.24) is 4.31 Å². The molecule has 0 saturated carbocycles. The molecule has 8 heteroatoms. The topological polar surface area (TPSA) is 61.4 Å². The number of aryl methyl sites for hydroxylation is 2. The fourth-order valence-electron chi connectivity index (χ4n) is 2.21. The fourth-order valence-corrected chi connectivity index (χ4v) is 3.84. The molecule has 0 fully saturated rings. The zero-order valence-corrected chi connectivity index (χ0v) is 16.8. The fraction of sp³-hybridized carbons (Fsp3) is 0.235. The molecule has 0 aromatic heterocycles. The smallest absolute Gasteiger partial charge is 0.244 e. The van der Waals surface area contributed by atoms with E-state index in [1.807, 2.05) is 26.0 Å². The summed E-state index contributed by atoms with van der Waals surface area (Å²) in [4.78, 5) is 0.0264. The number of thiocarbonyl (C=S) groups is 1. The number of hydrogen-bond acceptors (Lipinski definition) is 3. The Labute approximate surface area is 159 Å². The van der Waals surface area contributed by atoms with Crippen molar-refractivity contribution in [2.45, 2.75) is 18.7 Å². The molecule has 5 nitrogen and oxygen atoms in total. The van der Waals surface area contributed by atoms with Crippen molar-refractivity contribution >= 4 is 50.3 Å². The summed E-state index contributed by atoms with van der Waals surface area (Å²) in [6.07, 6.45) is 0. The second-order valence-corrected chi connectivity index (χ2v) is 8.77. The molecule has 0 aliphatic heterocycles. The molecule has 0 spiro atoms. The average molecular weight is 398 g/mol. The van der Waals surface area contributed by atoms with Crippen molar-refractivity contribution in [2.75, 3.05) is 24.7 Å². The molecule has 0 bridgehead atoms. The molecule has 25 heavy (non-hydrogen) atoms. The van der Waals surface area contributed by atoms with Gasteiger partial charge in [-0.25, -0.2) is 12.7 Å². The van der Waals surface area contributed by atoms with Crippen molar-refractivity contribution in [3.63, 3.8) is 0 Å². The number of benzene rings is 2. The highest BCUT2D eigenvalue weighted by Crippen LogP contribution is 2.27. The van der Waals surface area contributed by atoms with Gasteiger partial charge in [0.1, 0.15) is 4.90 Å². The molecule has 0 atom stereocenters. The van der Waals surface area contributed by atoms with Crippen LogP contribution in [0.5, 0.6) is 0 Å². The molecule has 134 valence electrons. The van der Waals surface area contributed by atoms with Crippen LogP contribution >= 0.6 is 23.8 Å². The Hall–Kier alpha value is -1.67. The van der Waals surface area contributed by atoms with Gasteiger partial charge in [-0.1, -0.05) is 29.3 Å². The molecule has 0 heterocycles. The summed E-state index contributed by atoms with van der Waals surface area (Å²) in [5.41, 5.74) is 3.65. The summed E-state index contributed by atoms with van der Waals surface area (Å²) in [5, 5.41) is 6.62. The minimum absolute atomic E-state index is 0.0264. The van der Waals surface area contributed by atoms with Crippen LogP contribution in [0.3, 0.4) is 0 Å². The number of hydrogen-bond donors (Lipinski definition) is 2. The van der Waals surface area contributed by atoms with Crippen molar-refractivity contribution in [2.24, 2.45) is 0 Å². The van der Waals surface area contributed by atoms with Crippen LogP contribution in [0, 0.1) is 13.8 Å². The van der Waals surface area contributed by atoms with E-state index < -0.39 is 10.0 Å². The first-order valence-corrected chi connectivity index (χ1v) is 9.71. The van der Waals surface area contributed by atoms with Crippen LogP contribution in [0.15, 0.2) is 41.3 Å². The van der Waals surface area contributed by atoms with Gasteiger partial charge < -0.3 is 10.6 Å². The van der Waals surface area contributed by atoms with Crippen LogP contribution in [0.1, 0.15) is 11.1 Å². The Balaban J connectivity index is 2.22. The van der Waals surface area contributed by atoms with Crippen molar-refractivity contribution < 1.29 is 8.42 Å². The first-order chi connectivity index (χ1) is 11.6. The van der Waals surface area contributed by atoms with Gasteiger partial charge in [-0.05, 0) is 55.9 Å². The van der Waals surface area contributed by atoms with Gasteiger partial charge in [-0.15, -0.1) is 0 Å². The first kappa shape index (κ1) is 19.7. The summed E-state index contributed by atoms with van der Waals surface area (Å²) in [6.45, 7) is 4.01. The normalized spacial score (nSPS) is 11.4. The highest BCUT2D eigenvalue weighted by molar-refractivity contribution is 7.89. The lowest BCUT2D eigenvalue weighted by Crippen LogP contribution is -2.23. The van der Waals surface area contributed by atoms with Gasteiger partial charge >= 0.3 is 0 Å². The molecular weight excluding hydrogens is 378 g/mol. The maximum absolute atomic E-state index is 12.3. The van der Waals surface area contributed by atoms with Crippen LogP contribution in [-0.2, 0) is 10.0 Å². The number of anilines is 2. The monoisotopic (exact) mass is 397 g/mol. The maximum atomic E-state index is 12.3. The third kappa shape index (κ3) is 4.70. The van der Waals surface area contributed by atoms with Crippen LogP contribution in [0.2, 0.25) is 5.02 Å². The number of halogens is 1. The van der Waals surface area contributed by atoms with Gasteiger partial charge in [0.25, 0.3) is 0 Å². The minimum atomic E-state index is -3.64. The summed E-state index contributed by atoms with van der Waals surface area (Å²) >= 11 is 11.4. The van der Waals surface area contributed by atoms with Gasteiger partial charge in [-0.3, -0.25) is 0 Å². The number of nitrogens with zero attached hydrogens (tertiary/aromatic N) is 1. The molecule has 0 aliphatic carbocycles. The first-order valence-electron chi connectivity index (χ1n) is 7.48. The second-order valence-electron chi connectivity index (χ2n) is 5.83. The van der Waals surface area contributed by atoms with E-state index in [-0.39, 0.29) is 9.92 Å². The van der Waals surface area contributed by atoms with Crippen LogP contribution in [-0.4, -0.2) is 31.9 Å². The Kier molecular flexibility index (Phi) is 6.05. The second kappa shape index (κ2) is 7.70. The largest absolute Gasteiger partial charge is 0.332 e. The zero-order chi connectivity index (χ0) is 18.8. The van der Waals surface area contributed by atoms with Crippen LogP contribution in [0.4, 0.5) is 11.4 Å². The van der Waals surface area contributed by atoms with E-state index in [9.17, 15) is 8.42 Å². The highest BCUT2D eigenvalue weighted by Gasteiger charge is 2.21. The van der Waals surface area contributed by atoms with Gasteiger partial charge in [0.15, 0.2) is 5.11 Å². The quantitative estimate of drug-likeness (QED) is 0.763. The summed E-state index contributed by atoms with van der Waals surface area (Å²) < 4.78 is 25.8. The van der Waals surface area contributed by atoms with E-state index in [4.69, 9.17) is 23.8 Å². The van der Waals surface area contributed by atoms with E-state index in [0.29, 0.717) is 10.8 Å². The molecular formula is C17H20ClN3O2S2. The van der Waals surface area contributed by atoms with E-state index >= 15 is 0 Å². The Morgan fingerprint density at radius 2 is 1.76 bits per heavy atom. The number of rotatable bonds is 4. The lowest BCUT2D eigenvalue weighted by Gasteiger charge is -2.16. The van der Waals surface area contributed by atoms with Gasteiger partial charge in [0.05, 0.1) is 5.02 Å². The van der Waals surface area contributed by atoms with Crippen molar-refractivity contribution in [3.05, 3.63) is 52.5 Å². The molecule has 2 aromatic carbocycles. The van der Waals surface area contributed by atoms with Gasteiger partial charge in [-0.2, -0.15) is 0 Å². The lowest BCUT2D eigenvalue weighted by atomic mass is 10.1. The molecule has 0 aliphatic rings. The van der Waals surface area contributed by atoms with Crippen LogP contribution in [0.25, 0.3) is 0 Å². The molecule has 2 rings (SSSR count). The Morgan fingerprint density at radius 3 is 2.36 bits per heavy atom. The predicted molar refractivity (Wildman–Crippen MR) is 108 cm³/mol. The van der Waals surface area contributed by atoms with Gasteiger partial charge in [0, 0.05) is 25.5 Å². The standard InChI is InChI=1S/C17H20ClN3O2S2/c1-11-5-8-15(12(2)9-11)20-17(24)19-13-6-7-14(18)16(10-13)25(22,23)21(3)4/h5-10H,1-4H3,(H2,19,20,24). The van der Waals surface area contributed by atoms with Gasteiger partial charge in [0.2, 0.25) is 10.0 Å². The third-order valence-electron chi connectivity index (χ3n) is 3.58. The summed E-state index contributed by atoms with van der Waals surface area (Å²) in [6, 6.07) is 10.7. The minimum Gasteiger partial charge on any atom is -0.332 e. The molecule has 0 unspecified atom stereocenters. The summed E-state index contributed by atoms with van der Waals surface area (Å²) in [7, 11) is -0.726. The van der Waals surface area contributed by atoms with Crippen molar-refractivity contribution in [3.8, 4) is 0 Å².